The van der Waals surface area contributed by atoms with Crippen LogP contribution in [0.15, 0.2) is 24.4 Å². The van der Waals surface area contributed by atoms with E-state index in [4.69, 9.17) is 10.00 Å². The van der Waals surface area contributed by atoms with Crippen LogP contribution >= 0.6 is 0 Å². The highest BCUT2D eigenvalue weighted by Crippen LogP contribution is 2.27. The second-order valence-electron chi connectivity index (χ2n) is 3.47. The fourth-order valence-corrected chi connectivity index (χ4v) is 1.58. The third-order valence-electron chi connectivity index (χ3n) is 2.26. The molecule has 0 aliphatic heterocycles. The van der Waals surface area contributed by atoms with E-state index in [-0.39, 0.29) is 0 Å². The van der Waals surface area contributed by atoms with Gasteiger partial charge in [0.15, 0.2) is 0 Å². The standard InChI is InChI=1S/C13H10N3O/c1-9-6-10(7-11(8-14)16-9)12-4-3-5-15-13(12)17-2/h3,5-7H,1-2H3. The number of nitrogens with zero attached hydrogens (tertiary/aromatic N) is 3. The Balaban J connectivity index is 2.60. The maximum atomic E-state index is 8.89. The van der Waals surface area contributed by atoms with Crippen molar-refractivity contribution < 1.29 is 4.74 Å². The van der Waals surface area contributed by atoms with E-state index in [0.717, 1.165) is 16.8 Å². The topological polar surface area (TPSA) is 58.8 Å². The predicted octanol–water partition coefficient (Wildman–Crippen LogP) is 2.13. The zero-order valence-electron chi connectivity index (χ0n) is 9.56. The second-order valence-corrected chi connectivity index (χ2v) is 3.47. The van der Waals surface area contributed by atoms with E-state index in [2.05, 4.69) is 16.0 Å². The van der Waals surface area contributed by atoms with Crippen molar-refractivity contribution in [1.82, 2.24) is 9.97 Å². The summed E-state index contributed by atoms with van der Waals surface area (Å²) in [6, 6.07) is 10.4. The number of hydrogen-bond donors (Lipinski definition) is 0. The summed E-state index contributed by atoms with van der Waals surface area (Å²) >= 11 is 0. The van der Waals surface area contributed by atoms with E-state index in [9.17, 15) is 0 Å². The molecule has 2 aromatic heterocycles. The minimum Gasteiger partial charge on any atom is -0.481 e. The lowest BCUT2D eigenvalue weighted by atomic mass is 10.1. The van der Waals surface area contributed by atoms with E-state index in [1.807, 2.05) is 19.1 Å². The molecular formula is C13H10N3O. The molecule has 0 amide bonds. The Morgan fingerprint density at radius 3 is 2.94 bits per heavy atom. The van der Waals surface area contributed by atoms with E-state index >= 15 is 0 Å². The van der Waals surface area contributed by atoms with Crippen LogP contribution in [-0.4, -0.2) is 17.1 Å². The smallest absolute Gasteiger partial charge is 0.221 e. The molecule has 0 unspecified atom stereocenters. The Labute approximate surface area is 99.5 Å². The van der Waals surface area contributed by atoms with Gasteiger partial charge >= 0.3 is 0 Å². The lowest BCUT2D eigenvalue weighted by molar-refractivity contribution is 0.399. The van der Waals surface area contributed by atoms with Crippen molar-refractivity contribution in [1.29, 1.82) is 5.26 Å². The molecule has 0 spiro atoms. The molecule has 0 N–H and O–H groups in total. The van der Waals surface area contributed by atoms with Crippen LogP contribution in [-0.2, 0) is 0 Å². The highest BCUT2D eigenvalue weighted by molar-refractivity contribution is 5.68. The van der Waals surface area contributed by atoms with Gasteiger partial charge in [0, 0.05) is 11.9 Å². The van der Waals surface area contributed by atoms with E-state index in [0.29, 0.717) is 11.6 Å². The molecule has 0 saturated carbocycles. The third kappa shape index (κ3) is 2.23. The average Bonchev–Trinajstić information content (AvgIpc) is 2.37. The minimum atomic E-state index is 0.374. The first kappa shape index (κ1) is 11.1. The zero-order chi connectivity index (χ0) is 12.3. The van der Waals surface area contributed by atoms with Gasteiger partial charge in [-0.2, -0.15) is 5.26 Å². The molecule has 0 aliphatic rings. The monoisotopic (exact) mass is 224 g/mol. The summed E-state index contributed by atoms with van der Waals surface area (Å²) in [4.78, 5) is 8.20. The van der Waals surface area contributed by atoms with Crippen molar-refractivity contribution in [3.8, 4) is 23.1 Å². The zero-order valence-corrected chi connectivity index (χ0v) is 9.56. The Morgan fingerprint density at radius 1 is 1.41 bits per heavy atom. The summed E-state index contributed by atoms with van der Waals surface area (Å²) < 4.78 is 5.17. The third-order valence-corrected chi connectivity index (χ3v) is 2.26. The molecule has 2 aromatic rings. The van der Waals surface area contributed by atoms with Crippen molar-refractivity contribution in [3.05, 3.63) is 41.9 Å². The summed E-state index contributed by atoms with van der Waals surface area (Å²) in [5.41, 5.74) is 2.72. The lowest BCUT2D eigenvalue weighted by Gasteiger charge is -2.07. The van der Waals surface area contributed by atoms with Crippen molar-refractivity contribution in [2.75, 3.05) is 7.11 Å². The van der Waals surface area contributed by atoms with Crippen LogP contribution in [0.1, 0.15) is 11.4 Å². The van der Waals surface area contributed by atoms with Gasteiger partial charge in [-0.05, 0) is 36.8 Å². The number of rotatable bonds is 2. The van der Waals surface area contributed by atoms with Gasteiger partial charge in [-0.15, -0.1) is 0 Å². The summed E-state index contributed by atoms with van der Waals surface area (Å²) in [7, 11) is 1.55. The molecule has 0 atom stereocenters. The first-order valence-corrected chi connectivity index (χ1v) is 5.04. The van der Waals surface area contributed by atoms with Gasteiger partial charge in [0.25, 0.3) is 0 Å². The largest absolute Gasteiger partial charge is 0.481 e. The van der Waals surface area contributed by atoms with E-state index in [1.54, 1.807) is 25.4 Å². The van der Waals surface area contributed by atoms with Crippen LogP contribution in [0.5, 0.6) is 5.88 Å². The Morgan fingerprint density at radius 2 is 2.24 bits per heavy atom. The molecule has 0 aromatic carbocycles. The van der Waals surface area contributed by atoms with Gasteiger partial charge in [0.05, 0.1) is 12.7 Å². The molecule has 83 valence electrons. The predicted molar refractivity (Wildman–Crippen MR) is 62.3 cm³/mol. The van der Waals surface area contributed by atoms with E-state index in [1.165, 1.54) is 0 Å². The van der Waals surface area contributed by atoms with Crippen LogP contribution in [0.25, 0.3) is 11.1 Å². The molecule has 0 bridgehead atoms. The summed E-state index contributed by atoms with van der Waals surface area (Å²) in [5.74, 6) is 0.488. The fourth-order valence-electron chi connectivity index (χ4n) is 1.58. The maximum absolute atomic E-state index is 8.89. The number of aromatic nitrogens is 2. The molecule has 0 fully saturated rings. The molecule has 2 heterocycles. The SMILES string of the molecule is COc1ncc[c]c1-c1cc(C)nc(C#N)c1. The lowest BCUT2D eigenvalue weighted by Crippen LogP contribution is -1.94. The van der Waals surface area contributed by atoms with Crippen molar-refractivity contribution in [3.63, 3.8) is 0 Å². The summed E-state index contributed by atoms with van der Waals surface area (Å²) in [6.45, 7) is 1.84. The van der Waals surface area contributed by atoms with Gasteiger partial charge in [-0.25, -0.2) is 9.97 Å². The van der Waals surface area contributed by atoms with E-state index < -0.39 is 0 Å². The molecule has 17 heavy (non-hydrogen) atoms. The highest BCUT2D eigenvalue weighted by atomic mass is 16.5. The fraction of sp³-hybridized carbons (Fsp3) is 0.154. The van der Waals surface area contributed by atoms with Crippen LogP contribution in [0.3, 0.4) is 0 Å². The Bertz CT molecular complexity index is 587. The molecule has 4 nitrogen and oxygen atoms in total. The normalized spacial score (nSPS) is 9.71. The van der Waals surface area contributed by atoms with Crippen molar-refractivity contribution in [2.24, 2.45) is 0 Å². The number of methoxy groups -OCH3 is 1. The van der Waals surface area contributed by atoms with Gasteiger partial charge in [0.1, 0.15) is 11.8 Å². The van der Waals surface area contributed by atoms with Gasteiger partial charge in [-0.1, -0.05) is 0 Å². The second kappa shape index (κ2) is 4.62. The molecule has 0 aliphatic carbocycles. The van der Waals surface area contributed by atoms with Crippen LogP contribution in [0.2, 0.25) is 0 Å². The Hall–Kier alpha value is -2.41. The van der Waals surface area contributed by atoms with Gasteiger partial charge in [-0.3, -0.25) is 0 Å². The van der Waals surface area contributed by atoms with Crippen molar-refractivity contribution in [2.45, 2.75) is 6.92 Å². The summed E-state index contributed by atoms with van der Waals surface area (Å²) in [5, 5.41) is 8.89. The van der Waals surface area contributed by atoms with Gasteiger partial charge in [0.2, 0.25) is 5.88 Å². The average molecular weight is 224 g/mol. The quantitative estimate of drug-likeness (QED) is 0.784. The Kier molecular flexibility index (Phi) is 3.01. The number of aryl methyl sites for hydroxylation is 1. The molecule has 4 heteroatoms. The van der Waals surface area contributed by atoms with Crippen molar-refractivity contribution >= 4 is 0 Å². The highest BCUT2D eigenvalue weighted by Gasteiger charge is 2.08. The first-order valence-electron chi connectivity index (χ1n) is 5.04. The van der Waals surface area contributed by atoms with Crippen LogP contribution in [0.4, 0.5) is 0 Å². The maximum Gasteiger partial charge on any atom is 0.221 e. The molecule has 0 saturated heterocycles. The van der Waals surface area contributed by atoms with Crippen LogP contribution in [0, 0.1) is 24.3 Å². The number of hydrogen-bond acceptors (Lipinski definition) is 4. The number of nitriles is 1. The molecule has 1 radical (unpaired) electrons. The minimum absolute atomic E-state index is 0.374. The molecule has 2 rings (SSSR count). The van der Waals surface area contributed by atoms with Crippen LogP contribution < -0.4 is 4.74 Å². The van der Waals surface area contributed by atoms with Gasteiger partial charge < -0.3 is 4.74 Å². The number of pyridine rings is 2. The number of ether oxygens (including phenoxy) is 1. The summed E-state index contributed by atoms with van der Waals surface area (Å²) in [6.07, 6.45) is 1.61. The first-order chi connectivity index (χ1) is 8.24. The molecular weight excluding hydrogens is 214 g/mol.